The summed E-state index contributed by atoms with van der Waals surface area (Å²) in [6.07, 6.45) is -0.426. The second-order valence-electron chi connectivity index (χ2n) is 5.25. The van der Waals surface area contributed by atoms with Crippen LogP contribution < -0.4 is 0 Å². The molecule has 1 saturated heterocycles. The monoisotopic (exact) mass is 271 g/mol. The summed E-state index contributed by atoms with van der Waals surface area (Å²) in [4.78, 5) is 36.3. The molecule has 0 bridgehead atoms. The Morgan fingerprint density at radius 3 is 2.37 bits per heavy atom. The van der Waals surface area contributed by atoms with E-state index in [0.717, 1.165) is 4.90 Å². The quantitative estimate of drug-likeness (QED) is 0.570. The van der Waals surface area contributed by atoms with E-state index in [4.69, 9.17) is 9.84 Å². The van der Waals surface area contributed by atoms with Crippen molar-refractivity contribution in [3.63, 3.8) is 0 Å². The van der Waals surface area contributed by atoms with Crippen LogP contribution in [0, 0.1) is 17.8 Å². The molecule has 1 N–H and O–H groups in total. The second kappa shape index (κ2) is 6.14. The van der Waals surface area contributed by atoms with Gasteiger partial charge in [0.15, 0.2) is 0 Å². The van der Waals surface area contributed by atoms with E-state index in [1.165, 1.54) is 14.0 Å². The Balaban J connectivity index is 2.57. The van der Waals surface area contributed by atoms with E-state index < -0.39 is 29.8 Å². The molecule has 19 heavy (non-hydrogen) atoms. The van der Waals surface area contributed by atoms with Crippen LogP contribution in [0.1, 0.15) is 27.2 Å². The third-order valence-corrected chi connectivity index (χ3v) is 3.45. The Morgan fingerprint density at radius 2 is 1.95 bits per heavy atom. The number of carbonyl (C=O) groups is 3. The maximum Gasteiger partial charge on any atom is 0.308 e. The van der Waals surface area contributed by atoms with Gasteiger partial charge >= 0.3 is 5.97 Å². The van der Waals surface area contributed by atoms with Crippen molar-refractivity contribution in [3.8, 4) is 0 Å². The highest BCUT2D eigenvalue weighted by Gasteiger charge is 2.44. The van der Waals surface area contributed by atoms with Gasteiger partial charge < -0.3 is 9.84 Å². The summed E-state index contributed by atoms with van der Waals surface area (Å²) in [6, 6.07) is 0. The first-order valence-electron chi connectivity index (χ1n) is 6.41. The summed E-state index contributed by atoms with van der Waals surface area (Å²) in [5.41, 5.74) is 0. The third kappa shape index (κ3) is 3.53. The molecule has 0 aromatic carbocycles. The third-order valence-electron chi connectivity index (χ3n) is 3.45. The smallest absolute Gasteiger partial charge is 0.308 e. The lowest BCUT2D eigenvalue weighted by Gasteiger charge is -2.17. The highest BCUT2D eigenvalue weighted by molar-refractivity contribution is 6.04. The summed E-state index contributed by atoms with van der Waals surface area (Å²) in [7, 11) is 1.46. The minimum absolute atomic E-state index is 0.0594. The van der Waals surface area contributed by atoms with Gasteiger partial charge in [-0.2, -0.15) is 0 Å². The molecule has 0 saturated carbocycles. The maximum absolute atomic E-state index is 11.9. The minimum Gasteiger partial charge on any atom is -0.463 e. The van der Waals surface area contributed by atoms with Gasteiger partial charge in [0.1, 0.15) is 6.61 Å². The SMILES string of the molecule is CC(O)COC(=O)C(C)CC1C(=O)N(C)C(=O)C1C. The first-order chi connectivity index (χ1) is 8.75. The average Bonchev–Trinajstić information content (AvgIpc) is 2.53. The molecular weight excluding hydrogens is 250 g/mol. The number of amides is 2. The predicted molar refractivity (Wildman–Crippen MR) is 66.9 cm³/mol. The van der Waals surface area contributed by atoms with Crippen LogP contribution in [0.5, 0.6) is 0 Å². The van der Waals surface area contributed by atoms with Crippen LogP contribution in [0.25, 0.3) is 0 Å². The summed E-state index contributed by atoms with van der Waals surface area (Å²) in [6.45, 7) is 4.82. The van der Waals surface area contributed by atoms with Gasteiger partial charge in [-0.3, -0.25) is 19.3 Å². The number of ether oxygens (including phenoxy) is 1. The Hall–Kier alpha value is -1.43. The molecule has 2 amide bonds. The van der Waals surface area contributed by atoms with Crippen LogP contribution in [0.15, 0.2) is 0 Å². The van der Waals surface area contributed by atoms with Crippen molar-refractivity contribution >= 4 is 17.8 Å². The number of hydrogen-bond acceptors (Lipinski definition) is 5. The van der Waals surface area contributed by atoms with Gasteiger partial charge in [0.25, 0.3) is 0 Å². The van der Waals surface area contributed by atoms with Gasteiger partial charge in [-0.1, -0.05) is 13.8 Å². The molecule has 1 heterocycles. The van der Waals surface area contributed by atoms with E-state index >= 15 is 0 Å². The minimum atomic E-state index is -0.712. The number of aliphatic hydroxyl groups is 1. The van der Waals surface area contributed by atoms with E-state index in [1.54, 1.807) is 13.8 Å². The fraction of sp³-hybridized carbons (Fsp3) is 0.769. The van der Waals surface area contributed by atoms with Gasteiger partial charge in [0, 0.05) is 13.0 Å². The molecule has 0 radical (unpaired) electrons. The van der Waals surface area contributed by atoms with Gasteiger partial charge in [0.05, 0.1) is 17.9 Å². The Bertz CT molecular complexity index is 379. The van der Waals surface area contributed by atoms with E-state index in [9.17, 15) is 14.4 Å². The van der Waals surface area contributed by atoms with Gasteiger partial charge in [-0.15, -0.1) is 0 Å². The first-order valence-corrected chi connectivity index (χ1v) is 6.41. The van der Waals surface area contributed by atoms with Gasteiger partial charge in [-0.05, 0) is 13.3 Å². The van der Waals surface area contributed by atoms with Crippen molar-refractivity contribution in [2.45, 2.75) is 33.3 Å². The zero-order valence-corrected chi connectivity index (χ0v) is 11.8. The first kappa shape index (κ1) is 15.6. The highest BCUT2D eigenvalue weighted by atomic mass is 16.5. The van der Waals surface area contributed by atoms with Crippen molar-refractivity contribution < 1.29 is 24.2 Å². The number of carbonyl (C=O) groups excluding carboxylic acids is 3. The molecule has 4 atom stereocenters. The van der Waals surface area contributed by atoms with Crippen molar-refractivity contribution in [2.75, 3.05) is 13.7 Å². The Kier molecular flexibility index (Phi) is 5.05. The van der Waals surface area contributed by atoms with Crippen molar-refractivity contribution in [2.24, 2.45) is 17.8 Å². The topological polar surface area (TPSA) is 83.9 Å². The van der Waals surface area contributed by atoms with Crippen LogP contribution in [-0.2, 0) is 19.1 Å². The molecule has 0 aromatic heterocycles. The predicted octanol–water partition coefficient (Wildman–Crippen LogP) is 0.188. The maximum atomic E-state index is 11.9. The number of aliphatic hydroxyl groups excluding tert-OH is 1. The molecule has 1 aliphatic rings. The number of imide groups is 1. The number of nitrogens with zero attached hydrogens (tertiary/aromatic N) is 1. The molecule has 4 unspecified atom stereocenters. The van der Waals surface area contributed by atoms with Gasteiger partial charge in [0.2, 0.25) is 11.8 Å². The molecule has 0 aromatic rings. The molecule has 1 fully saturated rings. The largest absolute Gasteiger partial charge is 0.463 e. The van der Waals surface area contributed by atoms with Crippen LogP contribution in [0.4, 0.5) is 0 Å². The molecule has 1 rings (SSSR count). The van der Waals surface area contributed by atoms with E-state index in [1.807, 2.05) is 0 Å². The second-order valence-corrected chi connectivity index (χ2v) is 5.25. The Labute approximate surface area is 112 Å². The zero-order chi connectivity index (χ0) is 14.7. The van der Waals surface area contributed by atoms with Crippen molar-refractivity contribution in [1.82, 2.24) is 4.90 Å². The number of likely N-dealkylation sites (tertiary alicyclic amines) is 1. The summed E-state index contributed by atoms with van der Waals surface area (Å²) >= 11 is 0. The number of esters is 1. The van der Waals surface area contributed by atoms with Crippen LogP contribution >= 0.6 is 0 Å². The number of hydrogen-bond donors (Lipinski definition) is 1. The molecule has 108 valence electrons. The van der Waals surface area contributed by atoms with Crippen molar-refractivity contribution in [1.29, 1.82) is 0 Å². The lowest BCUT2D eigenvalue weighted by atomic mass is 9.88. The average molecular weight is 271 g/mol. The normalized spacial score (nSPS) is 26.5. The highest BCUT2D eigenvalue weighted by Crippen LogP contribution is 2.30. The van der Waals surface area contributed by atoms with E-state index in [0.29, 0.717) is 0 Å². The van der Waals surface area contributed by atoms with Gasteiger partial charge in [-0.25, -0.2) is 0 Å². The molecule has 0 aliphatic carbocycles. The molecule has 0 spiro atoms. The van der Waals surface area contributed by atoms with Crippen LogP contribution in [0.2, 0.25) is 0 Å². The van der Waals surface area contributed by atoms with E-state index in [2.05, 4.69) is 0 Å². The standard InChI is InChI=1S/C13H21NO5/c1-7(13(18)19-6-8(2)15)5-10-9(3)11(16)14(4)12(10)17/h7-10,15H,5-6H2,1-4H3. The van der Waals surface area contributed by atoms with Crippen LogP contribution in [0.3, 0.4) is 0 Å². The Morgan fingerprint density at radius 1 is 1.37 bits per heavy atom. The summed E-state index contributed by atoms with van der Waals surface area (Å²) in [5, 5.41) is 9.04. The summed E-state index contributed by atoms with van der Waals surface area (Å²) in [5.74, 6) is -2.25. The van der Waals surface area contributed by atoms with Crippen molar-refractivity contribution in [3.05, 3.63) is 0 Å². The number of rotatable bonds is 5. The zero-order valence-electron chi connectivity index (χ0n) is 11.8. The lowest BCUT2D eigenvalue weighted by molar-refractivity contribution is -0.151. The fourth-order valence-electron chi connectivity index (χ4n) is 2.18. The molecule has 6 nitrogen and oxygen atoms in total. The molecular formula is C13H21NO5. The van der Waals surface area contributed by atoms with E-state index in [-0.39, 0.29) is 24.8 Å². The van der Waals surface area contributed by atoms with Crippen LogP contribution in [-0.4, -0.2) is 47.5 Å². The molecule has 6 heteroatoms. The fourth-order valence-corrected chi connectivity index (χ4v) is 2.18. The molecule has 1 aliphatic heterocycles. The lowest BCUT2D eigenvalue weighted by Crippen LogP contribution is -2.28. The summed E-state index contributed by atoms with van der Waals surface area (Å²) < 4.78 is 4.90.